The fraction of sp³-hybridized carbons (Fsp3) is 0. The summed E-state index contributed by atoms with van der Waals surface area (Å²) in [5.74, 6) is 0. The molecule has 8 aromatic rings. The van der Waals surface area contributed by atoms with Crippen molar-refractivity contribution >= 4 is 54.0 Å². The number of hydrogen-bond donors (Lipinski definition) is 0. The molecule has 9 rings (SSSR count). The fourth-order valence-corrected chi connectivity index (χ4v) is 8.81. The molecule has 42 heavy (non-hydrogen) atoms. The molecule has 0 saturated heterocycles. The van der Waals surface area contributed by atoms with Crippen LogP contribution in [-0.2, 0) is 0 Å². The SMILES string of the molecule is c1cc(-c2ccc(-c3cccc4c3sc3ccccc34)cc2)cc(-c2ccc3c(c2)-c2cccc4cccc(c24)S3)c1. The summed E-state index contributed by atoms with van der Waals surface area (Å²) < 4.78 is 2.70. The lowest BCUT2D eigenvalue weighted by Crippen LogP contribution is -1.93. The van der Waals surface area contributed by atoms with E-state index in [2.05, 4.69) is 146 Å². The maximum atomic E-state index is 2.38. The van der Waals surface area contributed by atoms with Gasteiger partial charge in [-0.3, -0.25) is 0 Å². The van der Waals surface area contributed by atoms with Crippen molar-refractivity contribution in [2.75, 3.05) is 0 Å². The molecule has 0 N–H and O–H groups in total. The molecule has 0 atom stereocenters. The number of hydrogen-bond acceptors (Lipinski definition) is 2. The molecule has 0 amide bonds. The van der Waals surface area contributed by atoms with Crippen LogP contribution >= 0.6 is 23.1 Å². The van der Waals surface area contributed by atoms with Gasteiger partial charge in [0.05, 0.1) is 0 Å². The largest absolute Gasteiger partial charge is 0.135 e. The van der Waals surface area contributed by atoms with Crippen LogP contribution < -0.4 is 0 Å². The first kappa shape index (κ1) is 24.0. The van der Waals surface area contributed by atoms with Gasteiger partial charge in [-0.25, -0.2) is 0 Å². The number of rotatable bonds is 3. The standard InChI is InChI=1S/C40H24S2/c1-2-15-36-32(11-1)34-14-6-12-31(40(34)42-36)26-19-17-25(18-20-26)28-9-3-10-29(23-28)30-21-22-37-35(24-30)33-13-4-7-27-8-5-16-38(41-37)39(27)33/h1-24H. The topological polar surface area (TPSA) is 0 Å². The Balaban J connectivity index is 1.08. The molecule has 1 aromatic heterocycles. The van der Waals surface area contributed by atoms with E-state index in [1.54, 1.807) is 0 Å². The second kappa shape index (κ2) is 9.46. The van der Waals surface area contributed by atoms with Crippen LogP contribution in [0.2, 0.25) is 0 Å². The first-order valence-corrected chi connectivity index (χ1v) is 15.9. The van der Waals surface area contributed by atoms with Gasteiger partial charge in [0.25, 0.3) is 0 Å². The van der Waals surface area contributed by atoms with E-state index in [0.717, 1.165) is 0 Å². The number of thiophene rings is 1. The van der Waals surface area contributed by atoms with Crippen molar-refractivity contribution < 1.29 is 0 Å². The minimum atomic E-state index is 1.23. The molecule has 1 aliphatic heterocycles. The van der Waals surface area contributed by atoms with Gasteiger partial charge >= 0.3 is 0 Å². The van der Waals surface area contributed by atoms with Crippen LogP contribution in [-0.4, -0.2) is 0 Å². The van der Waals surface area contributed by atoms with Crippen LogP contribution in [0.1, 0.15) is 0 Å². The summed E-state index contributed by atoms with van der Waals surface area (Å²) in [5.41, 5.74) is 10.2. The summed E-state index contributed by atoms with van der Waals surface area (Å²) >= 11 is 3.77. The molecule has 2 heteroatoms. The Morgan fingerprint density at radius 2 is 1.05 bits per heavy atom. The Hall–Kier alpha value is -4.63. The fourth-order valence-electron chi connectivity index (χ4n) is 6.44. The van der Waals surface area contributed by atoms with E-state index >= 15 is 0 Å². The second-order valence-corrected chi connectivity index (χ2v) is 13.0. The zero-order valence-electron chi connectivity index (χ0n) is 22.7. The summed E-state index contributed by atoms with van der Waals surface area (Å²) in [5, 5.41) is 5.36. The van der Waals surface area contributed by atoms with Gasteiger partial charge < -0.3 is 0 Å². The average molecular weight is 569 g/mol. The molecule has 7 aromatic carbocycles. The number of fused-ring (bicyclic) bond motifs is 5. The van der Waals surface area contributed by atoms with Gasteiger partial charge in [-0.1, -0.05) is 127 Å². The van der Waals surface area contributed by atoms with Crippen molar-refractivity contribution in [3.05, 3.63) is 146 Å². The normalized spacial score (nSPS) is 12.2. The predicted molar refractivity (Wildman–Crippen MR) is 183 cm³/mol. The van der Waals surface area contributed by atoms with Crippen molar-refractivity contribution in [1.82, 2.24) is 0 Å². The van der Waals surface area contributed by atoms with Crippen LogP contribution in [0.5, 0.6) is 0 Å². The molecule has 2 heterocycles. The van der Waals surface area contributed by atoms with Crippen molar-refractivity contribution in [3.8, 4) is 44.5 Å². The van der Waals surface area contributed by atoms with Gasteiger partial charge in [0.2, 0.25) is 0 Å². The van der Waals surface area contributed by atoms with E-state index in [1.807, 2.05) is 23.1 Å². The van der Waals surface area contributed by atoms with Gasteiger partial charge in [-0.05, 0) is 80.2 Å². The van der Waals surface area contributed by atoms with Crippen LogP contribution in [0.3, 0.4) is 0 Å². The van der Waals surface area contributed by atoms with Gasteiger partial charge in [-0.2, -0.15) is 0 Å². The first-order valence-electron chi connectivity index (χ1n) is 14.3. The third-order valence-electron chi connectivity index (χ3n) is 8.49. The Morgan fingerprint density at radius 3 is 1.95 bits per heavy atom. The molecular formula is C40H24S2. The molecule has 0 aliphatic carbocycles. The summed E-state index contributed by atoms with van der Waals surface area (Å²) in [7, 11) is 0. The van der Waals surface area contributed by atoms with E-state index in [0.29, 0.717) is 0 Å². The van der Waals surface area contributed by atoms with E-state index in [-0.39, 0.29) is 0 Å². The zero-order chi connectivity index (χ0) is 27.6. The van der Waals surface area contributed by atoms with Crippen molar-refractivity contribution in [1.29, 1.82) is 0 Å². The Bertz CT molecular complexity index is 2320. The summed E-state index contributed by atoms with van der Waals surface area (Å²) in [6, 6.07) is 53.7. The third-order valence-corrected chi connectivity index (χ3v) is 10.8. The van der Waals surface area contributed by atoms with Crippen LogP contribution in [0, 0.1) is 0 Å². The predicted octanol–water partition coefficient (Wildman–Crippen LogP) is 12.3. The third kappa shape index (κ3) is 3.76. The average Bonchev–Trinajstić information content (AvgIpc) is 3.44. The van der Waals surface area contributed by atoms with Gasteiger partial charge in [0, 0.05) is 35.3 Å². The van der Waals surface area contributed by atoms with Gasteiger partial charge in [0.15, 0.2) is 0 Å². The summed E-state index contributed by atoms with van der Waals surface area (Å²) in [6.07, 6.45) is 0. The molecule has 0 unspecified atom stereocenters. The molecule has 1 aliphatic rings. The first-order chi connectivity index (χ1) is 20.8. The molecule has 0 nitrogen and oxygen atoms in total. The molecule has 0 spiro atoms. The zero-order valence-corrected chi connectivity index (χ0v) is 24.3. The van der Waals surface area contributed by atoms with Gasteiger partial charge in [-0.15, -0.1) is 11.3 Å². The van der Waals surface area contributed by atoms with Crippen LogP contribution in [0.15, 0.2) is 155 Å². The van der Waals surface area contributed by atoms with Crippen LogP contribution in [0.25, 0.3) is 75.5 Å². The highest BCUT2D eigenvalue weighted by Crippen LogP contribution is 2.49. The number of benzene rings is 7. The van der Waals surface area contributed by atoms with E-state index in [4.69, 9.17) is 0 Å². The maximum Gasteiger partial charge on any atom is 0.0433 e. The Kier molecular flexibility index (Phi) is 5.41. The Morgan fingerprint density at radius 1 is 0.381 bits per heavy atom. The van der Waals surface area contributed by atoms with E-state index < -0.39 is 0 Å². The highest BCUT2D eigenvalue weighted by molar-refractivity contribution is 7.99. The maximum absolute atomic E-state index is 2.38. The Labute approximate surface area is 252 Å². The molecule has 0 saturated carbocycles. The lowest BCUT2D eigenvalue weighted by molar-refractivity contribution is 1.39. The van der Waals surface area contributed by atoms with Crippen molar-refractivity contribution in [2.24, 2.45) is 0 Å². The second-order valence-electron chi connectivity index (χ2n) is 10.9. The van der Waals surface area contributed by atoms with Gasteiger partial charge in [0.1, 0.15) is 0 Å². The quantitative estimate of drug-likeness (QED) is 0.204. The van der Waals surface area contributed by atoms with Crippen molar-refractivity contribution in [3.63, 3.8) is 0 Å². The molecule has 0 fully saturated rings. The minimum Gasteiger partial charge on any atom is -0.135 e. The monoisotopic (exact) mass is 568 g/mol. The van der Waals surface area contributed by atoms with Crippen LogP contribution in [0.4, 0.5) is 0 Å². The minimum absolute atomic E-state index is 1.23. The van der Waals surface area contributed by atoms with E-state index in [1.165, 1.54) is 85.2 Å². The molecule has 196 valence electrons. The molecule has 0 bridgehead atoms. The summed E-state index contributed by atoms with van der Waals surface area (Å²) in [4.78, 5) is 2.67. The van der Waals surface area contributed by atoms with Crippen molar-refractivity contribution in [2.45, 2.75) is 9.79 Å². The molecular weight excluding hydrogens is 545 g/mol. The molecule has 0 radical (unpaired) electrons. The van der Waals surface area contributed by atoms with E-state index in [9.17, 15) is 0 Å². The lowest BCUT2D eigenvalue weighted by Gasteiger charge is -2.21. The lowest BCUT2D eigenvalue weighted by atomic mass is 9.93. The smallest absolute Gasteiger partial charge is 0.0433 e. The highest BCUT2D eigenvalue weighted by atomic mass is 32.2. The highest BCUT2D eigenvalue weighted by Gasteiger charge is 2.19. The summed E-state index contributed by atoms with van der Waals surface area (Å²) in [6.45, 7) is 0.